The summed E-state index contributed by atoms with van der Waals surface area (Å²) in [7, 11) is 0. The Morgan fingerprint density at radius 3 is 2.69 bits per heavy atom. The largest absolute Gasteiger partial charge is 0.356 e. The molecule has 0 aromatic carbocycles. The Morgan fingerprint density at radius 1 is 1.31 bits per heavy atom. The standard InChI is InChI=1S/C13H16N2O/c16-10-13(5-6-13)11-4-3-7-14-12(11)15-8-1-2-9-15/h3-4,7,10H,1-2,5-6,8-9H2. The zero-order chi connectivity index (χ0) is 11.0. The number of carbonyl (C=O) groups is 1. The second-order valence-corrected chi connectivity index (χ2v) is 4.84. The first-order valence-electron chi connectivity index (χ1n) is 6.02. The summed E-state index contributed by atoms with van der Waals surface area (Å²) in [5.41, 5.74) is 0.943. The molecule has 16 heavy (non-hydrogen) atoms. The summed E-state index contributed by atoms with van der Waals surface area (Å²) < 4.78 is 0. The van der Waals surface area contributed by atoms with Crippen LogP contribution in [0, 0.1) is 0 Å². The lowest BCUT2D eigenvalue weighted by molar-refractivity contribution is -0.109. The predicted octanol–water partition coefficient (Wildman–Crippen LogP) is 1.91. The van der Waals surface area contributed by atoms with Crippen molar-refractivity contribution in [2.75, 3.05) is 18.0 Å². The first kappa shape index (κ1) is 9.82. The maximum absolute atomic E-state index is 11.2. The van der Waals surface area contributed by atoms with E-state index in [-0.39, 0.29) is 5.41 Å². The van der Waals surface area contributed by atoms with Crippen LogP contribution in [0.2, 0.25) is 0 Å². The van der Waals surface area contributed by atoms with Crippen LogP contribution in [0.4, 0.5) is 5.82 Å². The molecule has 2 aliphatic rings. The summed E-state index contributed by atoms with van der Waals surface area (Å²) in [6, 6.07) is 4.01. The molecule has 0 radical (unpaired) electrons. The summed E-state index contributed by atoms with van der Waals surface area (Å²) in [6.45, 7) is 2.16. The van der Waals surface area contributed by atoms with Crippen molar-refractivity contribution in [3.05, 3.63) is 23.9 Å². The van der Waals surface area contributed by atoms with Gasteiger partial charge in [0.25, 0.3) is 0 Å². The van der Waals surface area contributed by atoms with E-state index in [0.717, 1.165) is 43.6 Å². The molecule has 0 spiro atoms. The molecule has 0 N–H and O–H groups in total. The van der Waals surface area contributed by atoms with Gasteiger partial charge in [-0.15, -0.1) is 0 Å². The van der Waals surface area contributed by atoms with Crippen molar-refractivity contribution in [3.63, 3.8) is 0 Å². The summed E-state index contributed by atoms with van der Waals surface area (Å²) >= 11 is 0. The molecule has 0 amide bonds. The van der Waals surface area contributed by atoms with Crippen LogP contribution in [0.1, 0.15) is 31.2 Å². The van der Waals surface area contributed by atoms with Gasteiger partial charge < -0.3 is 9.69 Å². The van der Waals surface area contributed by atoms with Gasteiger partial charge in [0.15, 0.2) is 0 Å². The first-order chi connectivity index (χ1) is 7.86. The Hall–Kier alpha value is -1.38. The maximum atomic E-state index is 11.2. The molecule has 3 heteroatoms. The average Bonchev–Trinajstić information content (AvgIpc) is 2.95. The van der Waals surface area contributed by atoms with Crippen LogP contribution in [0.5, 0.6) is 0 Å². The van der Waals surface area contributed by atoms with Crippen molar-refractivity contribution in [1.82, 2.24) is 4.98 Å². The molecule has 0 bridgehead atoms. The van der Waals surface area contributed by atoms with Gasteiger partial charge in [-0.1, -0.05) is 6.07 Å². The van der Waals surface area contributed by atoms with E-state index in [1.54, 1.807) is 0 Å². The van der Waals surface area contributed by atoms with Gasteiger partial charge in [0, 0.05) is 24.8 Å². The third-order valence-electron chi connectivity index (χ3n) is 3.74. The minimum absolute atomic E-state index is 0.202. The highest BCUT2D eigenvalue weighted by Gasteiger charge is 2.46. The van der Waals surface area contributed by atoms with Crippen molar-refractivity contribution in [3.8, 4) is 0 Å². The van der Waals surface area contributed by atoms with Gasteiger partial charge in [-0.25, -0.2) is 4.98 Å². The number of hydrogen-bond donors (Lipinski definition) is 0. The van der Waals surface area contributed by atoms with Crippen LogP contribution < -0.4 is 4.90 Å². The monoisotopic (exact) mass is 216 g/mol. The maximum Gasteiger partial charge on any atom is 0.132 e. The van der Waals surface area contributed by atoms with Gasteiger partial charge in [0.1, 0.15) is 12.1 Å². The van der Waals surface area contributed by atoms with E-state index in [0.29, 0.717) is 0 Å². The van der Waals surface area contributed by atoms with E-state index >= 15 is 0 Å². The fourth-order valence-corrected chi connectivity index (χ4v) is 2.55. The molecule has 0 unspecified atom stereocenters. The van der Waals surface area contributed by atoms with E-state index in [4.69, 9.17) is 0 Å². The minimum Gasteiger partial charge on any atom is -0.356 e. The number of nitrogens with zero attached hydrogens (tertiary/aromatic N) is 2. The number of rotatable bonds is 3. The van der Waals surface area contributed by atoms with Gasteiger partial charge in [0.05, 0.1) is 5.41 Å². The molecular formula is C13H16N2O. The summed E-state index contributed by atoms with van der Waals surface area (Å²) in [5.74, 6) is 1.05. The quantitative estimate of drug-likeness (QED) is 0.724. The third-order valence-corrected chi connectivity index (χ3v) is 3.74. The lowest BCUT2D eigenvalue weighted by Crippen LogP contribution is -2.23. The molecule has 1 aliphatic carbocycles. The first-order valence-corrected chi connectivity index (χ1v) is 6.02. The molecule has 1 aromatic rings. The molecule has 1 saturated carbocycles. The molecule has 3 nitrogen and oxygen atoms in total. The van der Waals surface area contributed by atoms with E-state index in [2.05, 4.69) is 16.0 Å². The second-order valence-electron chi connectivity index (χ2n) is 4.84. The lowest BCUT2D eigenvalue weighted by Gasteiger charge is -2.22. The van der Waals surface area contributed by atoms with Crippen LogP contribution >= 0.6 is 0 Å². The highest BCUT2D eigenvalue weighted by molar-refractivity contribution is 5.76. The molecule has 2 fully saturated rings. The molecule has 84 valence electrons. The van der Waals surface area contributed by atoms with Crippen molar-refractivity contribution >= 4 is 12.1 Å². The van der Waals surface area contributed by atoms with Crippen molar-refractivity contribution in [2.45, 2.75) is 31.1 Å². The normalized spacial score (nSPS) is 22.1. The van der Waals surface area contributed by atoms with E-state index < -0.39 is 0 Å². The number of aromatic nitrogens is 1. The van der Waals surface area contributed by atoms with Crippen LogP contribution in [0.3, 0.4) is 0 Å². The fraction of sp³-hybridized carbons (Fsp3) is 0.538. The summed E-state index contributed by atoms with van der Waals surface area (Å²) in [5, 5.41) is 0. The van der Waals surface area contributed by atoms with Crippen LogP contribution in [0.25, 0.3) is 0 Å². The van der Waals surface area contributed by atoms with E-state index in [1.165, 1.54) is 12.8 Å². The highest BCUT2D eigenvalue weighted by atomic mass is 16.1. The van der Waals surface area contributed by atoms with Crippen molar-refractivity contribution < 1.29 is 4.79 Å². The van der Waals surface area contributed by atoms with Crippen molar-refractivity contribution in [2.24, 2.45) is 0 Å². The van der Waals surface area contributed by atoms with E-state index in [1.807, 2.05) is 12.3 Å². The zero-order valence-electron chi connectivity index (χ0n) is 9.35. The molecule has 3 rings (SSSR count). The van der Waals surface area contributed by atoms with Crippen LogP contribution in [-0.4, -0.2) is 24.4 Å². The Morgan fingerprint density at radius 2 is 2.06 bits per heavy atom. The Labute approximate surface area is 95.5 Å². The number of anilines is 1. The Bertz CT molecular complexity index is 406. The van der Waals surface area contributed by atoms with Gasteiger partial charge in [-0.05, 0) is 31.7 Å². The predicted molar refractivity (Wildman–Crippen MR) is 62.7 cm³/mol. The number of hydrogen-bond acceptors (Lipinski definition) is 3. The average molecular weight is 216 g/mol. The van der Waals surface area contributed by atoms with E-state index in [9.17, 15) is 4.79 Å². The molecule has 1 aliphatic heterocycles. The number of pyridine rings is 1. The lowest BCUT2D eigenvalue weighted by atomic mass is 9.98. The van der Waals surface area contributed by atoms with Crippen LogP contribution in [-0.2, 0) is 10.2 Å². The van der Waals surface area contributed by atoms with Gasteiger partial charge in [0.2, 0.25) is 0 Å². The van der Waals surface area contributed by atoms with Gasteiger partial charge in [-0.3, -0.25) is 0 Å². The second kappa shape index (κ2) is 3.58. The van der Waals surface area contributed by atoms with Gasteiger partial charge in [-0.2, -0.15) is 0 Å². The van der Waals surface area contributed by atoms with Crippen molar-refractivity contribution in [1.29, 1.82) is 0 Å². The zero-order valence-corrected chi connectivity index (χ0v) is 9.35. The Kier molecular flexibility index (Phi) is 2.20. The molecule has 0 atom stereocenters. The number of aldehydes is 1. The molecule has 1 aromatic heterocycles. The third kappa shape index (κ3) is 1.42. The smallest absolute Gasteiger partial charge is 0.132 e. The molecule has 1 saturated heterocycles. The SMILES string of the molecule is O=CC1(c2cccnc2N2CCCC2)CC1. The van der Waals surface area contributed by atoms with Crippen LogP contribution in [0.15, 0.2) is 18.3 Å². The highest BCUT2D eigenvalue weighted by Crippen LogP contribution is 2.49. The molecular weight excluding hydrogens is 200 g/mol. The fourth-order valence-electron chi connectivity index (χ4n) is 2.55. The molecule has 2 heterocycles. The topological polar surface area (TPSA) is 33.2 Å². The summed E-state index contributed by atoms with van der Waals surface area (Å²) in [6.07, 6.45) is 7.40. The minimum atomic E-state index is -0.202. The van der Waals surface area contributed by atoms with Gasteiger partial charge >= 0.3 is 0 Å². The summed E-state index contributed by atoms with van der Waals surface area (Å²) in [4.78, 5) is 18.0. The Balaban J connectivity index is 2.00. The number of carbonyl (C=O) groups excluding carboxylic acids is 1.